The SMILES string of the molecule is Cc1ccc(C)c(/C(O)=C2\C(=O)C(=O)N(c3nnc(SCc4ccc(F)cc4)s3)C2c2ccc(C(C)C)cc2)c1. The van der Waals surface area contributed by atoms with Crippen molar-refractivity contribution < 1.29 is 19.1 Å². The number of amides is 1. The lowest BCUT2D eigenvalue weighted by Gasteiger charge is -2.23. The number of aliphatic hydroxyl groups is 1. The van der Waals surface area contributed by atoms with E-state index in [0.29, 0.717) is 27.1 Å². The molecule has 1 aliphatic rings. The lowest BCUT2D eigenvalue weighted by molar-refractivity contribution is -0.132. The molecule has 1 atom stereocenters. The highest BCUT2D eigenvalue weighted by atomic mass is 32.2. The summed E-state index contributed by atoms with van der Waals surface area (Å²) in [7, 11) is 0. The summed E-state index contributed by atoms with van der Waals surface area (Å²) in [5, 5.41) is 20.3. The van der Waals surface area contributed by atoms with E-state index in [2.05, 4.69) is 24.0 Å². The molecule has 1 amide bonds. The molecule has 2 heterocycles. The largest absolute Gasteiger partial charge is 0.507 e. The maximum atomic E-state index is 13.5. The van der Waals surface area contributed by atoms with Gasteiger partial charge in [-0.15, -0.1) is 10.2 Å². The minimum Gasteiger partial charge on any atom is -0.507 e. The van der Waals surface area contributed by atoms with Crippen molar-refractivity contribution in [3.63, 3.8) is 0 Å². The quantitative estimate of drug-likeness (QED) is 0.0819. The van der Waals surface area contributed by atoms with Crippen LogP contribution in [0.1, 0.15) is 59.2 Å². The fourth-order valence-corrected chi connectivity index (χ4v) is 6.45. The predicted molar refractivity (Wildman–Crippen MR) is 157 cm³/mol. The zero-order chi connectivity index (χ0) is 28.6. The second-order valence-electron chi connectivity index (χ2n) is 10.1. The third-order valence-corrected chi connectivity index (χ3v) is 9.02. The van der Waals surface area contributed by atoms with Gasteiger partial charge in [0.25, 0.3) is 5.78 Å². The summed E-state index contributed by atoms with van der Waals surface area (Å²) in [4.78, 5) is 28.4. The number of rotatable bonds is 7. The number of aryl methyl sites for hydroxylation is 2. The zero-order valence-electron chi connectivity index (χ0n) is 22.5. The number of carbonyl (C=O) groups is 2. The number of aromatic nitrogens is 2. The molecule has 1 N–H and O–H groups in total. The molecule has 40 heavy (non-hydrogen) atoms. The highest BCUT2D eigenvalue weighted by molar-refractivity contribution is 8.00. The van der Waals surface area contributed by atoms with Crippen LogP contribution in [0, 0.1) is 19.7 Å². The highest BCUT2D eigenvalue weighted by Gasteiger charge is 2.48. The molecule has 1 unspecified atom stereocenters. The molecule has 0 bridgehead atoms. The summed E-state index contributed by atoms with van der Waals surface area (Å²) in [6.45, 7) is 7.94. The lowest BCUT2D eigenvalue weighted by atomic mass is 9.92. The highest BCUT2D eigenvalue weighted by Crippen LogP contribution is 2.44. The van der Waals surface area contributed by atoms with Gasteiger partial charge in [0.05, 0.1) is 11.6 Å². The van der Waals surface area contributed by atoms with Crippen molar-refractivity contribution in [2.45, 2.75) is 49.7 Å². The molecule has 5 rings (SSSR count). The zero-order valence-corrected chi connectivity index (χ0v) is 24.1. The number of benzene rings is 3. The van der Waals surface area contributed by atoms with Crippen LogP contribution >= 0.6 is 23.1 Å². The molecule has 0 saturated carbocycles. The molecule has 0 spiro atoms. The summed E-state index contributed by atoms with van der Waals surface area (Å²) < 4.78 is 13.9. The Labute approximate surface area is 240 Å². The first-order valence-corrected chi connectivity index (χ1v) is 14.6. The van der Waals surface area contributed by atoms with Gasteiger partial charge in [0.2, 0.25) is 5.13 Å². The Kier molecular flexibility index (Phi) is 7.87. The maximum Gasteiger partial charge on any atom is 0.301 e. The van der Waals surface area contributed by atoms with Crippen LogP contribution < -0.4 is 4.90 Å². The van der Waals surface area contributed by atoms with Gasteiger partial charge in [0.1, 0.15) is 11.6 Å². The van der Waals surface area contributed by atoms with Gasteiger partial charge >= 0.3 is 5.91 Å². The van der Waals surface area contributed by atoms with Crippen molar-refractivity contribution in [3.8, 4) is 0 Å². The van der Waals surface area contributed by atoms with Gasteiger partial charge in [-0.1, -0.05) is 91.0 Å². The van der Waals surface area contributed by atoms with Crippen molar-refractivity contribution in [1.29, 1.82) is 0 Å². The van der Waals surface area contributed by atoms with E-state index < -0.39 is 17.7 Å². The van der Waals surface area contributed by atoms with Gasteiger partial charge < -0.3 is 5.11 Å². The second-order valence-corrected chi connectivity index (χ2v) is 12.3. The Morgan fingerprint density at radius 2 is 1.73 bits per heavy atom. The molecule has 1 fully saturated rings. The minimum absolute atomic E-state index is 0.0201. The number of aliphatic hydroxyl groups excluding tert-OH is 1. The smallest absolute Gasteiger partial charge is 0.301 e. The Hall–Kier alpha value is -3.82. The van der Waals surface area contributed by atoms with Gasteiger partial charge in [-0.2, -0.15) is 0 Å². The first kappa shape index (κ1) is 27.7. The topological polar surface area (TPSA) is 83.4 Å². The Balaban J connectivity index is 1.56. The van der Waals surface area contributed by atoms with E-state index in [9.17, 15) is 19.1 Å². The van der Waals surface area contributed by atoms with Gasteiger partial charge in [0, 0.05) is 11.3 Å². The third-order valence-electron chi connectivity index (χ3n) is 6.89. The van der Waals surface area contributed by atoms with E-state index in [1.54, 1.807) is 12.1 Å². The predicted octanol–water partition coefficient (Wildman–Crippen LogP) is 7.34. The average molecular weight is 574 g/mol. The van der Waals surface area contributed by atoms with Crippen LogP contribution in [0.25, 0.3) is 5.76 Å². The van der Waals surface area contributed by atoms with Crippen molar-refractivity contribution in [3.05, 3.63) is 112 Å². The van der Waals surface area contributed by atoms with Crippen LogP contribution in [-0.2, 0) is 15.3 Å². The molecule has 0 radical (unpaired) electrons. The number of Topliss-reactive ketones (excluding diaryl/α,β-unsaturated/α-hetero) is 1. The monoisotopic (exact) mass is 573 g/mol. The number of thioether (sulfide) groups is 1. The van der Waals surface area contributed by atoms with Crippen LogP contribution in [0.15, 0.2) is 76.6 Å². The lowest BCUT2D eigenvalue weighted by Crippen LogP contribution is -2.29. The molecule has 1 aromatic heterocycles. The number of nitrogens with zero attached hydrogens (tertiary/aromatic N) is 3. The van der Waals surface area contributed by atoms with E-state index in [1.807, 2.05) is 56.3 Å². The van der Waals surface area contributed by atoms with Gasteiger partial charge in [-0.05, 0) is 60.2 Å². The Bertz CT molecular complexity index is 1610. The number of hydrogen-bond acceptors (Lipinski definition) is 7. The number of halogens is 1. The molecular formula is C31H28FN3O3S2. The summed E-state index contributed by atoms with van der Waals surface area (Å²) in [5.41, 5.74) is 4.96. The molecule has 0 aliphatic carbocycles. The number of anilines is 1. The van der Waals surface area contributed by atoms with E-state index in [-0.39, 0.29) is 22.3 Å². The fourth-order valence-electron chi connectivity index (χ4n) is 4.63. The van der Waals surface area contributed by atoms with Gasteiger partial charge in [-0.25, -0.2) is 4.39 Å². The molecule has 1 saturated heterocycles. The summed E-state index contributed by atoms with van der Waals surface area (Å²) in [5.74, 6) is -1.21. The Morgan fingerprint density at radius 1 is 1.02 bits per heavy atom. The van der Waals surface area contributed by atoms with Crippen molar-refractivity contribution in [2.75, 3.05) is 4.90 Å². The number of hydrogen-bond donors (Lipinski definition) is 1. The third kappa shape index (κ3) is 5.44. The first-order valence-electron chi connectivity index (χ1n) is 12.8. The molecule has 4 aromatic rings. The van der Waals surface area contributed by atoms with E-state index in [4.69, 9.17) is 0 Å². The van der Waals surface area contributed by atoms with Crippen LogP contribution in [0.5, 0.6) is 0 Å². The van der Waals surface area contributed by atoms with Crippen LogP contribution in [0.3, 0.4) is 0 Å². The molecule has 3 aromatic carbocycles. The van der Waals surface area contributed by atoms with E-state index in [0.717, 1.165) is 22.3 Å². The van der Waals surface area contributed by atoms with Crippen LogP contribution in [-0.4, -0.2) is 27.0 Å². The minimum atomic E-state index is -0.871. The van der Waals surface area contributed by atoms with Crippen molar-refractivity contribution in [2.24, 2.45) is 0 Å². The molecule has 1 aliphatic heterocycles. The standard InChI is InChI=1S/C31H28FN3O3S2/c1-17(2)21-9-11-22(12-10-21)26-25(27(36)24-15-18(3)5-6-19(24)4)28(37)29(38)35(26)30-33-34-31(40-30)39-16-20-7-13-23(32)14-8-20/h5-15,17,26,36H,16H2,1-4H3/b27-25+. The van der Waals surface area contributed by atoms with Crippen LogP contribution in [0.2, 0.25) is 0 Å². The van der Waals surface area contributed by atoms with Crippen molar-refractivity contribution >= 4 is 45.7 Å². The first-order chi connectivity index (χ1) is 19.1. The second kappa shape index (κ2) is 11.3. The molecule has 9 heteroatoms. The van der Waals surface area contributed by atoms with Gasteiger partial charge in [0.15, 0.2) is 4.34 Å². The summed E-state index contributed by atoms with van der Waals surface area (Å²) in [6.07, 6.45) is 0. The number of carbonyl (C=O) groups excluding carboxylic acids is 2. The number of ketones is 1. The van der Waals surface area contributed by atoms with E-state index in [1.165, 1.54) is 40.1 Å². The molecular weight excluding hydrogens is 545 g/mol. The van der Waals surface area contributed by atoms with Crippen LogP contribution in [0.4, 0.5) is 9.52 Å². The van der Waals surface area contributed by atoms with E-state index >= 15 is 0 Å². The fraction of sp³-hybridized carbons (Fsp3) is 0.226. The van der Waals surface area contributed by atoms with Gasteiger partial charge in [-0.3, -0.25) is 14.5 Å². The Morgan fingerprint density at radius 3 is 2.40 bits per heavy atom. The van der Waals surface area contributed by atoms with Crippen molar-refractivity contribution in [1.82, 2.24) is 10.2 Å². The molecule has 204 valence electrons. The summed E-state index contributed by atoms with van der Waals surface area (Å²) >= 11 is 2.60. The maximum absolute atomic E-state index is 13.5. The normalized spacial score (nSPS) is 16.8. The summed E-state index contributed by atoms with van der Waals surface area (Å²) in [6, 6.07) is 18.7. The molecule has 6 nitrogen and oxygen atoms in total. The average Bonchev–Trinajstić information content (AvgIpc) is 3.51.